The molecule has 0 aliphatic rings. The molecule has 0 amide bonds. The highest BCUT2D eigenvalue weighted by molar-refractivity contribution is 6.06. The summed E-state index contributed by atoms with van der Waals surface area (Å²) >= 11 is 0. The normalized spacial score (nSPS) is 10.8. The fourth-order valence-electron chi connectivity index (χ4n) is 2.69. The predicted molar refractivity (Wildman–Crippen MR) is 108 cm³/mol. The number of ketones is 1. The van der Waals surface area contributed by atoms with Gasteiger partial charge in [-0.1, -0.05) is 42.0 Å². The van der Waals surface area contributed by atoms with E-state index in [2.05, 4.69) is 0 Å². The highest BCUT2D eigenvalue weighted by Gasteiger charge is 2.06. The second-order valence-corrected chi connectivity index (χ2v) is 6.38. The molecule has 0 aliphatic carbocycles. The summed E-state index contributed by atoms with van der Waals surface area (Å²) in [5.41, 5.74) is 3.45. The van der Waals surface area contributed by atoms with Crippen molar-refractivity contribution in [3.63, 3.8) is 0 Å². The molecule has 0 spiro atoms. The van der Waals surface area contributed by atoms with Gasteiger partial charge in [0, 0.05) is 11.1 Å². The second-order valence-electron chi connectivity index (χ2n) is 6.38. The number of ether oxygens (including phenoxy) is 2. The third kappa shape index (κ3) is 5.07. The monoisotopic (exact) mass is 376 g/mol. The third-order valence-corrected chi connectivity index (χ3v) is 4.28. The third-order valence-electron chi connectivity index (χ3n) is 4.28. The predicted octanol–water partition coefficient (Wildman–Crippen LogP) is 5.62. The van der Waals surface area contributed by atoms with E-state index >= 15 is 0 Å². The van der Waals surface area contributed by atoms with Crippen LogP contribution in [0.15, 0.2) is 72.8 Å². The van der Waals surface area contributed by atoms with Crippen LogP contribution >= 0.6 is 0 Å². The number of hydrogen-bond donors (Lipinski definition) is 0. The molecule has 0 atom stereocenters. The van der Waals surface area contributed by atoms with E-state index in [1.807, 2.05) is 49.4 Å². The molecule has 0 bridgehead atoms. The second kappa shape index (κ2) is 9.00. The molecule has 3 rings (SSSR count). The zero-order valence-electron chi connectivity index (χ0n) is 15.8. The molecule has 0 N–H and O–H groups in total. The first kappa shape index (κ1) is 19.4. The Kier molecular flexibility index (Phi) is 6.22. The van der Waals surface area contributed by atoms with Crippen molar-refractivity contribution in [3.8, 4) is 11.5 Å². The number of halogens is 1. The van der Waals surface area contributed by atoms with E-state index in [0.29, 0.717) is 17.1 Å². The Labute approximate surface area is 164 Å². The Balaban J connectivity index is 1.73. The number of rotatable bonds is 7. The number of allylic oxidation sites excluding steroid dienone is 1. The van der Waals surface area contributed by atoms with E-state index < -0.39 is 0 Å². The van der Waals surface area contributed by atoms with E-state index in [-0.39, 0.29) is 18.2 Å². The summed E-state index contributed by atoms with van der Waals surface area (Å²) in [6.45, 7) is 2.25. The van der Waals surface area contributed by atoms with Crippen LogP contribution in [0, 0.1) is 12.7 Å². The molecule has 0 saturated carbocycles. The zero-order valence-corrected chi connectivity index (χ0v) is 15.8. The van der Waals surface area contributed by atoms with E-state index in [9.17, 15) is 9.18 Å². The molecule has 0 unspecified atom stereocenters. The lowest BCUT2D eigenvalue weighted by atomic mass is 10.1. The Morgan fingerprint density at radius 2 is 1.71 bits per heavy atom. The molecule has 0 aromatic heterocycles. The van der Waals surface area contributed by atoms with Gasteiger partial charge in [-0.2, -0.15) is 0 Å². The first-order chi connectivity index (χ1) is 13.5. The van der Waals surface area contributed by atoms with Gasteiger partial charge in [-0.3, -0.25) is 4.79 Å². The van der Waals surface area contributed by atoms with Crippen LogP contribution in [0.2, 0.25) is 0 Å². The van der Waals surface area contributed by atoms with Crippen molar-refractivity contribution in [2.24, 2.45) is 0 Å². The summed E-state index contributed by atoms with van der Waals surface area (Å²) in [6, 6.07) is 18.9. The minimum absolute atomic E-state index is 0.0556. The van der Waals surface area contributed by atoms with Gasteiger partial charge in [0.05, 0.1) is 7.11 Å². The highest BCUT2D eigenvalue weighted by atomic mass is 19.1. The maximum absolute atomic E-state index is 13.0. The lowest BCUT2D eigenvalue weighted by Gasteiger charge is -2.11. The van der Waals surface area contributed by atoms with Crippen LogP contribution in [-0.2, 0) is 6.61 Å². The maximum Gasteiger partial charge on any atom is 0.185 e. The molecule has 0 heterocycles. The fourth-order valence-corrected chi connectivity index (χ4v) is 2.69. The number of hydrogen-bond acceptors (Lipinski definition) is 3. The average molecular weight is 376 g/mol. The SMILES string of the molecule is COc1ccc(/C=C/C(=O)c2ccc(C)cc2)cc1COc1ccc(F)cc1. The van der Waals surface area contributed by atoms with E-state index in [1.54, 1.807) is 31.4 Å². The molecule has 0 aliphatic heterocycles. The van der Waals surface area contributed by atoms with E-state index in [4.69, 9.17) is 9.47 Å². The summed E-state index contributed by atoms with van der Waals surface area (Å²) in [5.74, 6) is 0.887. The Hall–Kier alpha value is -3.40. The Morgan fingerprint density at radius 1 is 1.00 bits per heavy atom. The topological polar surface area (TPSA) is 35.5 Å². The molecule has 0 radical (unpaired) electrons. The van der Waals surface area contributed by atoms with Crippen molar-refractivity contribution >= 4 is 11.9 Å². The van der Waals surface area contributed by atoms with Crippen molar-refractivity contribution in [1.82, 2.24) is 0 Å². The lowest BCUT2D eigenvalue weighted by Crippen LogP contribution is -1.99. The number of aryl methyl sites for hydroxylation is 1. The molecule has 28 heavy (non-hydrogen) atoms. The van der Waals surface area contributed by atoms with Crippen molar-refractivity contribution in [2.75, 3.05) is 7.11 Å². The van der Waals surface area contributed by atoms with Crippen LogP contribution < -0.4 is 9.47 Å². The minimum Gasteiger partial charge on any atom is -0.496 e. The number of carbonyl (C=O) groups excluding carboxylic acids is 1. The van der Waals surface area contributed by atoms with Crippen LogP contribution in [0.3, 0.4) is 0 Å². The summed E-state index contributed by atoms with van der Waals surface area (Å²) in [4.78, 5) is 12.3. The zero-order chi connectivity index (χ0) is 19.9. The lowest BCUT2D eigenvalue weighted by molar-refractivity contribution is 0.104. The molecule has 3 aromatic rings. The summed E-state index contributed by atoms with van der Waals surface area (Å²) in [7, 11) is 1.59. The van der Waals surface area contributed by atoms with Crippen LogP contribution in [0.25, 0.3) is 6.08 Å². The molecule has 4 heteroatoms. The van der Waals surface area contributed by atoms with Crippen molar-refractivity contribution < 1.29 is 18.7 Å². The van der Waals surface area contributed by atoms with Gasteiger partial charge in [-0.15, -0.1) is 0 Å². The first-order valence-electron chi connectivity index (χ1n) is 8.89. The van der Waals surface area contributed by atoms with Gasteiger partial charge in [0.15, 0.2) is 5.78 Å². The molecule has 0 saturated heterocycles. The molecule has 3 aromatic carbocycles. The van der Waals surface area contributed by atoms with Gasteiger partial charge >= 0.3 is 0 Å². The van der Waals surface area contributed by atoms with Gasteiger partial charge < -0.3 is 9.47 Å². The number of benzene rings is 3. The quantitative estimate of drug-likeness (QED) is 0.397. The largest absolute Gasteiger partial charge is 0.496 e. The van der Waals surface area contributed by atoms with Crippen molar-refractivity contribution in [3.05, 3.63) is 101 Å². The molecule has 142 valence electrons. The molecule has 3 nitrogen and oxygen atoms in total. The first-order valence-corrected chi connectivity index (χ1v) is 8.89. The minimum atomic E-state index is -0.310. The average Bonchev–Trinajstić information content (AvgIpc) is 2.72. The smallest absolute Gasteiger partial charge is 0.185 e. The van der Waals surface area contributed by atoms with Crippen LogP contribution in [0.4, 0.5) is 4.39 Å². The van der Waals surface area contributed by atoms with Gasteiger partial charge in [0.1, 0.15) is 23.9 Å². The van der Waals surface area contributed by atoms with Crippen molar-refractivity contribution in [2.45, 2.75) is 13.5 Å². The summed E-state index contributed by atoms with van der Waals surface area (Å²) < 4.78 is 24.1. The highest BCUT2D eigenvalue weighted by Crippen LogP contribution is 2.23. The maximum atomic E-state index is 13.0. The van der Waals surface area contributed by atoms with Crippen LogP contribution in [0.5, 0.6) is 11.5 Å². The van der Waals surface area contributed by atoms with Gasteiger partial charge in [0.25, 0.3) is 0 Å². The van der Waals surface area contributed by atoms with Crippen LogP contribution in [-0.4, -0.2) is 12.9 Å². The standard InChI is InChI=1S/C24H21FO3/c1-17-3-7-19(8-4-17)23(26)13-5-18-6-14-24(27-2)20(15-18)16-28-22-11-9-21(25)10-12-22/h3-15H,16H2,1-2H3/b13-5+. The molecular formula is C24H21FO3. The van der Waals surface area contributed by atoms with Crippen molar-refractivity contribution in [1.29, 1.82) is 0 Å². The van der Waals surface area contributed by atoms with E-state index in [1.165, 1.54) is 12.1 Å². The Bertz CT molecular complexity index is 974. The Morgan fingerprint density at radius 3 is 2.39 bits per heavy atom. The van der Waals surface area contributed by atoms with Gasteiger partial charge in [-0.25, -0.2) is 4.39 Å². The van der Waals surface area contributed by atoms with Crippen LogP contribution in [0.1, 0.15) is 27.0 Å². The summed E-state index contributed by atoms with van der Waals surface area (Å²) in [6.07, 6.45) is 3.32. The van der Waals surface area contributed by atoms with Gasteiger partial charge in [0.2, 0.25) is 0 Å². The molecular weight excluding hydrogens is 355 g/mol. The molecule has 0 fully saturated rings. The number of methoxy groups -OCH3 is 1. The van der Waals surface area contributed by atoms with Gasteiger partial charge in [-0.05, 0) is 55.0 Å². The van der Waals surface area contributed by atoms with E-state index in [0.717, 1.165) is 16.7 Å². The fraction of sp³-hybridized carbons (Fsp3) is 0.125. The summed E-state index contributed by atoms with van der Waals surface area (Å²) in [5, 5.41) is 0. The number of carbonyl (C=O) groups is 1.